The molecule has 0 amide bonds. The van der Waals surface area contributed by atoms with Gasteiger partial charge in [-0.05, 0) is 19.8 Å². The lowest BCUT2D eigenvalue weighted by Crippen LogP contribution is -2.13. The highest BCUT2D eigenvalue weighted by Crippen LogP contribution is 2.33. The largest absolute Gasteiger partial charge is 0.369 e. The second-order valence-corrected chi connectivity index (χ2v) is 5.53. The Morgan fingerprint density at radius 3 is 2.77 bits per heavy atom. The predicted molar refractivity (Wildman–Crippen MR) is 78.1 cm³/mol. The fourth-order valence-electron chi connectivity index (χ4n) is 3.01. The molecule has 0 aliphatic heterocycles. The molecule has 9 heteroatoms. The predicted octanol–water partition coefficient (Wildman–Crippen LogP) is 1.18. The van der Waals surface area contributed by atoms with Crippen LogP contribution < -0.4 is 11.3 Å². The van der Waals surface area contributed by atoms with Crippen LogP contribution in [0.25, 0.3) is 22.6 Å². The first-order chi connectivity index (χ1) is 10.6. The molecule has 114 valence electrons. The normalized spacial score (nSPS) is 15.9. The molecular weight excluding hydrogens is 286 g/mol. The highest BCUT2D eigenvalue weighted by Gasteiger charge is 2.27. The van der Waals surface area contributed by atoms with Crippen molar-refractivity contribution in [1.29, 1.82) is 0 Å². The smallest absolute Gasteiger partial charge is 0.279 e. The van der Waals surface area contributed by atoms with E-state index in [0.29, 0.717) is 22.6 Å². The molecule has 1 saturated carbocycles. The lowest BCUT2D eigenvalue weighted by Gasteiger charge is -2.10. The maximum Gasteiger partial charge on any atom is 0.279 e. The van der Waals surface area contributed by atoms with Gasteiger partial charge in [0, 0.05) is 0 Å². The van der Waals surface area contributed by atoms with Gasteiger partial charge in [0.2, 0.25) is 5.95 Å². The van der Waals surface area contributed by atoms with Gasteiger partial charge in [0.15, 0.2) is 17.2 Å². The topological polar surface area (TPSA) is 129 Å². The minimum Gasteiger partial charge on any atom is -0.369 e. The average molecular weight is 301 g/mol. The Balaban J connectivity index is 2.02. The third-order valence-electron chi connectivity index (χ3n) is 3.98. The van der Waals surface area contributed by atoms with Gasteiger partial charge in [-0.15, -0.1) is 0 Å². The first-order valence-electron chi connectivity index (χ1n) is 7.22. The Morgan fingerprint density at radius 1 is 1.32 bits per heavy atom. The Morgan fingerprint density at radius 2 is 2.09 bits per heavy atom. The van der Waals surface area contributed by atoms with E-state index in [0.717, 1.165) is 25.7 Å². The molecule has 4 rings (SSSR count). The highest BCUT2D eigenvalue weighted by atomic mass is 16.5. The molecule has 3 heterocycles. The summed E-state index contributed by atoms with van der Waals surface area (Å²) < 4.78 is 6.95. The van der Waals surface area contributed by atoms with Crippen molar-refractivity contribution in [1.82, 2.24) is 29.9 Å². The first-order valence-corrected chi connectivity index (χ1v) is 7.22. The molecule has 0 bridgehead atoms. The van der Waals surface area contributed by atoms with Gasteiger partial charge in [-0.25, -0.2) is 4.68 Å². The number of anilines is 1. The standard InChI is InChI=1S/C13H15N7O2/c1-6-15-12(22-19-6)9-8-10(16-13(14)17-11(8)21)20(18-9)7-4-2-3-5-7/h7H,2-5H2,1H3,(H3,14,16,17,21). The molecule has 0 saturated heterocycles. The number of nitrogens with zero attached hydrogens (tertiary/aromatic N) is 5. The zero-order valence-corrected chi connectivity index (χ0v) is 12.0. The van der Waals surface area contributed by atoms with Crippen molar-refractivity contribution in [2.75, 3.05) is 5.73 Å². The number of nitrogens with one attached hydrogen (secondary N) is 1. The number of nitrogens with two attached hydrogens (primary N) is 1. The fraction of sp³-hybridized carbons (Fsp3) is 0.462. The van der Waals surface area contributed by atoms with Crippen molar-refractivity contribution >= 4 is 17.0 Å². The van der Waals surface area contributed by atoms with Gasteiger partial charge < -0.3 is 10.3 Å². The summed E-state index contributed by atoms with van der Waals surface area (Å²) in [6, 6.07) is 0.217. The molecule has 1 aliphatic carbocycles. The molecule has 3 aromatic rings. The van der Waals surface area contributed by atoms with Crippen LogP contribution in [-0.2, 0) is 0 Å². The zero-order valence-electron chi connectivity index (χ0n) is 12.0. The van der Waals surface area contributed by atoms with Crippen LogP contribution in [0.4, 0.5) is 5.95 Å². The molecule has 0 unspecified atom stereocenters. The number of fused-ring (bicyclic) bond motifs is 1. The zero-order chi connectivity index (χ0) is 15.3. The van der Waals surface area contributed by atoms with E-state index >= 15 is 0 Å². The Kier molecular flexibility index (Phi) is 2.75. The van der Waals surface area contributed by atoms with Crippen molar-refractivity contribution in [3.63, 3.8) is 0 Å². The van der Waals surface area contributed by atoms with E-state index in [1.807, 2.05) is 0 Å². The SMILES string of the molecule is Cc1noc(-c2nn(C3CCCC3)c3nc(N)[nH]c(=O)c23)n1. The van der Waals surface area contributed by atoms with E-state index in [1.165, 1.54) is 0 Å². The summed E-state index contributed by atoms with van der Waals surface area (Å²) in [5.41, 5.74) is 6.16. The summed E-state index contributed by atoms with van der Waals surface area (Å²) in [5.74, 6) is 0.777. The summed E-state index contributed by atoms with van der Waals surface area (Å²) in [6.45, 7) is 1.71. The Hall–Kier alpha value is -2.71. The number of hydrogen-bond acceptors (Lipinski definition) is 7. The quantitative estimate of drug-likeness (QED) is 0.727. The molecule has 3 aromatic heterocycles. The minimum absolute atomic E-state index is 0.0740. The van der Waals surface area contributed by atoms with Gasteiger partial charge >= 0.3 is 0 Å². The third-order valence-corrected chi connectivity index (χ3v) is 3.98. The van der Waals surface area contributed by atoms with Crippen LogP contribution in [0.15, 0.2) is 9.32 Å². The maximum atomic E-state index is 12.3. The molecular formula is C13H15N7O2. The maximum absolute atomic E-state index is 12.3. The molecule has 1 aliphatic rings. The summed E-state index contributed by atoms with van der Waals surface area (Å²) in [5, 5.41) is 8.64. The molecule has 0 radical (unpaired) electrons. The molecule has 0 atom stereocenters. The van der Waals surface area contributed by atoms with Crippen LogP contribution in [0.1, 0.15) is 37.5 Å². The van der Waals surface area contributed by atoms with Crippen LogP contribution in [-0.4, -0.2) is 29.9 Å². The number of H-pyrrole nitrogens is 1. The third kappa shape index (κ3) is 1.89. The van der Waals surface area contributed by atoms with Crippen LogP contribution in [0, 0.1) is 6.92 Å². The van der Waals surface area contributed by atoms with E-state index in [9.17, 15) is 4.79 Å². The van der Waals surface area contributed by atoms with Gasteiger partial charge in [-0.1, -0.05) is 18.0 Å². The molecule has 9 nitrogen and oxygen atoms in total. The van der Waals surface area contributed by atoms with E-state index < -0.39 is 0 Å². The number of hydrogen-bond donors (Lipinski definition) is 2. The highest BCUT2D eigenvalue weighted by molar-refractivity contribution is 5.88. The number of rotatable bonds is 2. The van der Waals surface area contributed by atoms with Gasteiger partial charge in [0.25, 0.3) is 11.4 Å². The monoisotopic (exact) mass is 301 g/mol. The summed E-state index contributed by atoms with van der Waals surface area (Å²) in [7, 11) is 0. The fourth-order valence-corrected chi connectivity index (χ4v) is 3.01. The number of aryl methyl sites for hydroxylation is 1. The van der Waals surface area contributed by atoms with E-state index in [2.05, 4.69) is 25.2 Å². The first kappa shape index (κ1) is 13.0. The lowest BCUT2D eigenvalue weighted by molar-refractivity contribution is 0.421. The summed E-state index contributed by atoms with van der Waals surface area (Å²) in [4.78, 5) is 23.2. The molecule has 0 spiro atoms. The number of aromatic amines is 1. The van der Waals surface area contributed by atoms with Crippen molar-refractivity contribution in [2.24, 2.45) is 0 Å². The van der Waals surface area contributed by atoms with Crippen molar-refractivity contribution in [2.45, 2.75) is 38.6 Å². The van der Waals surface area contributed by atoms with E-state index in [-0.39, 0.29) is 23.4 Å². The second-order valence-electron chi connectivity index (χ2n) is 5.53. The summed E-state index contributed by atoms with van der Waals surface area (Å²) >= 11 is 0. The van der Waals surface area contributed by atoms with E-state index in [1.54, 1.807) is 11.6 Å². The van der Waals surface area contributed by atoms with Crippen LogP contribution in [0.2, 0.25) is 0 Å². The Bertz CT molecular complexity index is 901. The summed E-state index contributed by atoms with van der Waals surface area (Å²) in [6.07, 6.45) is 4.29. The van der Waals surface area contributed by atoms with Gasteiger partial charge in [0.05, 0.1) is 6.04 Å². The van der Waals surface area contributed by atoms with E-state index in [4.69, 9.17) is 10.3 Å². The van der Waals surface area contributed by atoms with Crippen LogP contribution in [0.3, 0.4) is 0 Å². The molecule has 3 N–H and O–H groups in total. The molecule has 22 heavy (non-hydrogen) atoms. The molecule has 1 fully saturated rings. The van der Waals surface area contributed by atoms with Crippen molar-refractivity contribution in [3.05, 3.63) is 16.2 Å². The number of nitrogen functional groups attached to an aromatic ring is 1. The minimum atomic E-state index is -0.349. The van der Waals surface area contributed by atoms with Gasteiger partial charge in [0.1, 0.15) is 5.39 Å². The molecule has 0 aromatic carbocycles. The van der Waals surface area contributed by atoms with Crippen molar-refractivity contribution in [3.8, 4) is 11.6 Å². The van der Waals surface area contributed by atoms with Gasteiger partial charge in [-0.3, -0.25) is 9.78 Å². The van der Waals surface area contributed by atoms with Crippen molar-refractivity contribution < 1.29 is 4.52 Å². The Labute approximate surface area is 124 Å². The number of aromatic nitrogens is 6. The lowest BCUT2D eigenvalue weighted by atomic mass is 10.2. The average Bonchev–Trinajstić information content (AvgIpc) is 3.16. The second kappa shape index (κ2) is 4.65. The van der Waals surface area contributed by atoms with Crippen LogP contribution >= 0.6 is 0 Å². The van der Waals surface area contributed by atoms with Crippen LogP contribution in [0.5, 0.6) is 0 Å². The van der Waals surface area contributed by atoms with Gasteiger partial charge in [-0.2, -0.15) is 15.1 Å².